The second-order valence-corrected chi connectivity index (χ2v) is 7.19. The van der Waals surface area contributed by atoms with Gasteiger partial charge in [-0.2, -0.15) is 5.10 Å². The van der Waals surface area contributed by atoms with Crippen molar-refractivity contribution in [2.24, 2.45) is 7.05 Å². The highest BCUT2D eigenvalue weighted by Crippen LogP contribution is 2.21. The molecule has 138 valence electrons. The Morgan fingerprint density at radius 2 is 1.81 bits per heavy atom. The van der Waals surface area contributed by atoms with Crippen molar-refractivity contribution in [3.8, 4) is 0 Å². The van der Waals surface area contributed by atoms with Gasteiger partial charge >= 0.3 is 0 Å². The molecule has 0 saturated carbocycles. The van der Waals surface area contributed by atoms with Gasteiger partial charge in [-0.25, -0.2) is 0 Å². The SMILES string of the molecule is Cc1ccc(C)c(NC(=S)Nc2cnn(C)c2C(=O)N2CCCCC2)c1. The molecule has 1 aromatic carbocycles. The smallest absolute Gasteiger partial charge is 0.274 e. The molecule has 2 aromatic rings. The van der Waals surface area contributed by atoms with Crippen LogP contribution in [0.2, 0.25) is 0 Å². The van der Waals surface area contributed by atoms with Crippen LogP contribution in [-0.4, -0.2) is 38.8 Å². The summed E-state index contributed by atoms with van der Waals surface area (Å²) >= 11 is 5.45. The number of benzene rings is 1. The molecule has 1 fully saturated rings. The Morgan fingerprint density at radius 1 is 1.12 bits per heavy atom. The van der Waals surface area contributed by atoms with Crippen molar-refractivity contribution in [3.63, 3.8) is 0 Å². The van der Waals surface area contributed by atoms with E-state index in [0.717, 1.165) is 42.7 Å². The summed E-state index contributed by atoms with van der Waals surface area (Å²) in [5.74, 6) is 0.00161. The Morgan fingerprint density at radius 3 is 2.54 bits per heavy atom. The average molecular weight is 372 g/mol. The zero-order valence-electron chi connectivity index (χ0n) is 15.5. The minimum Gasteiger partial charge on any atom is -0.337 e. The molecule has 7 heteroatoms. The topological polar surface area (TPSA) is 62.2 Å². The third kappa shape index (κ3) is 4.04. The van der Waals surface area contributed by atoms with E-state index < -0.39 is 0 Å². The fourth-order valence-electron chi connectivity index (χ4n) is 3.18. The van der Waals surface area contributed by atoms with Gasteiger partial charge in [0.25, 0.3) is 5.91 Å². The Labute approximate surface area is 159 Å². The lowest BCUT2D eigenvalue weighted by molar-refractivity contribution is 0.0714. The number of carbonyl (C=O) groups excluding carboxylic acids is 1. The molecule has 2 N–H and O–H groups in total. The standard InChI is InChI=1S/C19H25N5OS/c1-13-7-8-14(2)15(11-13)21-19(26)22-16-12-20-23(3)17(16)18(25)24-9-5-4-6-10-24/h7-8,11-12H,4-6,9-10H2,1-3H3,(H2,21,22,26). The van der Waals surface area contributed by atoms with Crippen LogP contribution in [0.5, 0.6) is 0 Å². The minimum absolute atomic E-state index is 0.00161. The number of likely N-dealkylation sites (tertiary alicyclic amines) is 1. The van der Waals surface area contributed by atoms with Gasteiger partial charge in [-0.1, -0.05) is 12.1 Å². The summed E-state index contributed by atoms with van der Waals surface area (Å²) in [5, 5.41) is 11.0. The van der Waals surface area contributed by atoms with Gasteiger partial charge in [0.2, 0.25) is 0 Å². The largest absolute Gasteiger partial charge is 0.337 e. The van der Waals surface area contributed by atoms with Crippen molar-refractivity contribution < 1.29 is 4.79 Å². The third-order valence-electron chi connectivity index (χ3n) is 4.67. The second-order valence-electron chi connectivity index (χ2n) is 6.78. The molecule has 0 radical (unpaired) electrons. The van der Waals surface area contributed by atoms with Crippen molar-refractivity contribution in [1.82, 2.24) is 14.7 Å². The summed E-state index contributed by atoms with van der Waals surface area (Å²) in [6, 6.07) is 6.16. The maximum absolute atomic E-state index is 12.9. The van der Waals surface area contributed by atoms with Gasteiger partial charge in [0.05, 0.1) is 11.9 Å². The van der Waals surface area contributed by atoms with Gasteiger partial charge in [-0.15, -0.1) is 0 Å². The van der Waals surface area contributed by atoms with E-state index in [1.54, 1.807) is 17.9 Å². The number of amides is 1. The number of hydrogen-bond donors (Lipinski definition) is 2. The third-order valence-corrected chi connectivity index (χ3v) is 4.88. The van der Waals surface area contributed by atoms with Crippen LogP contribution in [0.15, 0.2) is 24.4 Å². The van der Waals surface area contributed by atoms with Gasteiger partial charge in [0, 0.05) is 25.8 Å². The number of anilines is 2. The van der Waals surface area contributed by atoms with E-state index in [-0.39, 0.29) is 5.91 Å². The van der Waals surface area contributed by atoms with Crippen LogP contribution in [0.3, 0.4) is 0 Å². The van der Waals surface area contributed by atoms with Crippen molar-refractivity contribution in [2.45, 2.75) is 33.1 Å². The lowest BCUT2D eigenvalue weighted by Crippen LogP contribution is -2.37. The minimum atomic E-state index is 0.00161. The molecule has 6 nitrogen and oxygen atoms in total. The molecule has 0 bridgehead atoms. The van der Waals surface area contributed by atoms with Crippen molar-refractivity contribution in [2.75, 3.05) is 23.7 Å². The number of aryl methyl sites for hydroxylation is 3. The summed E-state index contributed by atoms with van der Waals surface area (Å²) in [7, 11) is 1.78. The molecule has 1 amide bonds. The maximum atomic E-state index is 12.9. The summed E-state index contributed by atoms with van der Waals surface area (Å²) in [4.78, 5) is 14.8. The van der Waals surface area contributed by atoms with Crippen LogP contribution in [0.4, 0.5) is 11.4 Å². The highest BCUT2D eigenvalue weighted by molar-refractivity contribution is 7.80. The van der Waals surface area contributed by atoms with Gasteiger partial charge in [-0.05, 0) is 62.5 Å². The van der Waals surface area contributed by atoms with Crippen molar-refractivity contribution in [1.29, 1.82) is 0 Å². The zero-order valence-corrected chi connectivity index (χ0v) is 16.3. The molecule has 1 saturated heterocycles. The Bertz CT molecular complexity index is 823. The second kappa shape index (κ2) is 7.86. The van der Waals surface area contributed by atoms with Gasteiger partial charge in [0.15, 0.2) is 5.11 Å². The number of piperidine rings is 1. The summed E-state index contributed by atoms with van der Waals surface area (Å²) in [6.07, 6.45) is 4.94. The number of aromatic nitrogens is 2. The maximum Gasteiger partial charge on any atom is 0.274 e. The molecule has 1 aliphatic heterocycles. The Balaban J connectivity index is 1.74. The van der Waals surface area contributed by atoms with Crippen molar-refractivity contribution in [3.05, 3.63) is 41.2 Å². The summed E-state index contributed by atoms with van der Waals surface area (Å²) in [5.41, 5.74) is 4.39. The first-order valence-electron chi connectivity index (χ1n) is 8.92. The molecule has 0 unspecified atom stereocenters. The normalized spacial score (nSPS) is 14.2. The molecule has 1 aliphatic rings. The van der Waals surface area contributed by atoms with Crippen LogP contribution in [0.1, 0.15) is 40.9 Å². The van der Waals surface area contributed by atoms with E-state index in [0.29, 0.717) is 16.5 Å². The highest BCUT2D eigenvalue weighted by Gasteiger charge is 2.24. The molecule has 0 aliphatic carbocycles. The van der Waals surface area contributed by atoms with Crippen LogP contribution >= 0.6 is 12.2 Å². The fourth-order valence-corrected chi connectivity index (χ4v) is 3.40. The summed E-state index contributed by atoms with van der Waals surface area (Å²) < 4.78 is 1.61. The molecule has 3 rings (SSSR count). The molecule has 2 heterocycles. The number of nitrogens with one attached hydrogen (secondary N) is 2. The highest BCUT2D eigenvalue weighted by atomic mass is 32.1. The number of rotatable bonds is 3. The first-order valence-corrected chi connectivity index (χ1v) is 9.33. The monoisotopic (exact) mass is 371 g/mol. The van der Waals surface area contributed by atoms with E-state index in [1.807, 2.05) is 24.8 Å². The van der Waals surface area contributed by atoms with E-state index in [9.17, 15) is 4.79 Å². The number of carbonyl (C=O) groups is 1. The predicted molar refractivity (Wildman–Crippen MR) is 109 cm³/mol. The van der Waals surface area contributed by atoms with E-state index in [2.05, 4.69) is 27.9 Å². The molecule has 0 atom stereocenters. The van der Waals surface area contributed by atoms with Gasteiger partial charge < -0.3 is 15.5 Å². The zero-order chi connectivity index (χ0) is 18.7. The van der Waals surface area contributed by atoms with Crippen LogP contribution in [0, 0.1) is 13.8 Å². The van der Waals surface area contributed by atoms with E-state index in [4.69, 9.17) is 12.2 Å². The molecular formula is C19H25N5OS. The number of nitrogens with zero attached hydrogens (tertiary/aromatic N) is 3. The number of thiocarbonyl (C=S) groups is 1. The van der Waals surface area contributed by atoms with E-state index in [1.165, 1.54) is 6.42 Å². The van der Waals surface area contributed by atoms with Gasteiger partial charge in [-0.3, -0.25) is 9.48 Å². The predicted octanol–water partition coefficient (Wildman–Crippen LogP) is 3.47. The Kier molecular flexibility index (Phi) is 5.56. The fraction of sp³-hybridized carbons (Fsp3) is 0.421. The molecule has 0 spiro atoms. The summed E-state index contributed by atoms with van der Waals surface area (Å²) in [6.45, 7) is 5.67. The van der Waals surface area contributed by atoms with Crippen LogP contribution in [0.25, 0.3) is 0 Å². The first-order chi connectivity index (χ1) is 12.5. The van der Waals surface area contributed by atoms with E-state index >= 15 is 0 Å². The molecule has 26 heavy (non-hydrogen) atoms. The first kappa shape index (κ1) is 18.4. The van der Waals surface area contributed by atoms with Crippen LogP contribution < -0.4 is 10.6 Å². The lowest BCUT2D eigenvalue weighted by atomic mass is 10.1. The number of hydrogen-bond acceptors (Lipinski definition) is 3. The Hall–Kier alpha value is -2.41. The van der Waals surface area contributed by atoms with Crippen molar-refractivity contribution >= 4 is 34.6 Å². The molecular weight excluding hydrogens is 346 g/mol. The molecule has 1 aromatic heterocycles. The quantitative estimate of drug-likeness (QED) is 0.809. The van der Waals surface area contributed by atoms with Crippen LogP contribution in [-0.2, 0) is 7.05 Å². The lowest BCUT2D eigenvalue weighted by Gasteiger charge is -2.27. The van der Waals surface area contributed by atoms with Gasteiger partial charge in [0.1, 0.15) is 5.69 Å². The average Bonchev–Trinajstić information content (AvgIpc) is 2.98.